The van der Waals surface area contributed by atoms with Gasteiger partial charge >= 0.3 is 5.97 Å². The van der Waals surface area contributed by atoms with E-state index in [1.807, 2.05) is 19.1 Å². The fraction of sp³-hybridized carbons (Fsp3) is 0.417. The predicted molar refractivity (Wildman–Crippen MR) is 64.5 cm³/mol. The number of benzene rings is 1. The molecule has 0 amide bonds. The predicted octanol–water partition coefficient (Wildman–Crippen LogP) is 2.55. The monoisotopic (exact) mass is 241 g/mol. The van der Waals surface area contributed by atoms with Gasteiger partial charge in [0.2, 0.25) is 0 Å². The van der Waals surface area contributed by atoms with E-state index in [-0.39, 0.29) is 5.97 Å². The molecule has 1 N–H and O–H groups in total. The van der Waals surface area contributed by atoms with Gasteiger partial charge < -0.3 is 10.1 Å². The van der Waals surface area contributed by atoms with Gasteiger partial charge in [-0.1, -0.05) is 30.7 Å². The van der Waals surface area contributed by atoms with Crippen LogP contribution in [0.25, 0.3) is 0 Å². The average molecular weight is 242 g/mol. The average Bonchev–Trinajstić information content (AvgIpc) is 2.26. The van der Waals surface area contributed by atoms with Crippen molar-refractivity contribution in [2.24, 2.45) is 0 Å². The number of esters is 1. The topological polar surface area (TPSA) is 38.3 Å². The lowest BCUT2D eigenvalue weighted by atomic mass is 10.1. The zero-order chi connectivity index (χ0) is 12.0. The van der Waals surface area contributed by atoms with Crippen LogP contribution in [-0.4, -0.2) is 19.1 Å². The Balaban J connectivity index is 2.88. The summed E-state index contributed by atoms with van der Waals surface area (Å²) in [5.41, 5.74) is 0.827. The number of ether oxygens (including phenoxy) is 1. The summed E-state index contributed by atoms with van der Waals surface area (Å²) in [6, 6.07) is 6.78. The highest BCUT2D eigenvalue weighted by Crippen LogP contribution is 2.18. The van der Waals surface area contributed by atoms with E-state index >= 15 is 0 Å². The smallest absolute Gasteiger partial charge is 0.327 e. The van der Waals surface area contributed by atoms with Crippen LogP contribution in [0.15, 0.2) is 24.3 Å². The van der Waals surface area contributed by atoms with Crippen LogP contribution in [0, 0.1) is 0 Å². The SMILES string of the molecule is CCNC(C(=O)OCC)c1cccc(Cl)c1. The van der Waals surface area contributed by atoms with Gasteiger partial charge in [0.1, 0.15) is 6.04 Å². The van der Waals surface area contributed by atoms with Crippen molar-refractivity contribution >= 4 is 17.6 Å². The Bertz CT molecular complexity index is 355. The van der Waals surface area contributed by atoms with Gasteiger partial charge in [0.25, 0.3) is 0 Å². The third-order valence-corrected chi connectivity index (χ3v) is 2.35. The van der Waals surface area contributed by atoms with Crippen LogP contribution < -0.4 is 5.32 Å². The maximum absolute atomic E-state index is 11.7. The number of carbonyl (C=O) groups excluding carboxylic acids is 1. The highest BCUT2D eigenvalue weighted by molar-refractivity contribution is 6.30. The van der Waals surface area contributed by atoms with Crippen molar-refractivity contribution in [3.8, 4) is 0 Å². The van der Waals surface area contributed by atoms with Gasteiger partial charge in [-0.25, -0.2) is 4.79 Å². The molecule has 0 saturated heterocycles. The van der Waals surface area contributed by atoms with Gasteiger partial charge in [-0.15, -0.1) is 0 Å². The zero-order valence-electron chi connectivity index (χ0n) is 9.50. The van der Waals surface area contributed by atoms with Gasteiger partial charge in [0.05, 0.1) is 6.61 Å². The van der Waals surface area contributed by atoms with Crippen LogP contribution >= 0.6 is 11.6 Å². The van der Waals surface area contributed by atoms with E-state index in [4.69, 9.17) is 16.3 Å². The largest absolute Gasteiger partial charge is 0.465 e. The van der Waals surface area contributed by atoms with E-state index in [9.17, 15) is 4.79 Å². The van der Waals surface area contributed by atoms with E-state index in [2.05, 4.69) is 5.32 Å². The Labute approximate surface area is 101 Å². The minimum atomic E-state index is -0.441. The molecular weight excluding hydrogens is 226 g/mol. The van der Waals surface area contributed by atoms with E-state index in [0.717, 1.165) is 5.56 Å². The second kappa shape index (κ2) is 6.51. The summed E-state index contributed by atoms with van der Waals surface area (Å²) in [6.07, 6.45) is 0. The lowest BCUT2D eigenvalue weighted by Crippen LogP contribution is -2.30. The Morgan fingerprint density at radius 2 is 2.25 bits per heavy atom. The van der Waals surface area contributed by atoms with Crippen molar-refractivity contribution in [1.82, 2.24) is 5.32 Å². The normalized spacial score (nSPS) is 12.2. The number of hydrogen-bond acceptors (Lipinski definition) is 3. The van der Waals surface area contributed by atoms with Crippen LogP contribution in [-0.2, 0) is 9.53 Å². The minimum absolute atomic E-state index is 0.272. The molecule has 3 nitrogen and oxygen atoms in total. The molecule has 1 aromatic carbocycles. The third kappa shape index (κ3) is 3.51. The molecule has 1 atom stereocenters. The maximum Gasteiger partial charge on any atom is 0.327 e. The second-order valence-electron chi connectivity index (χ2n) is 3.30. The van der Waals surface area contributed by atoms with Gasteiger partial charge in [-0.05, 0) is 31.2 Å². The quantitative estimate of drug-likeness (QED) is 0.806. The number of halogens is 1. The molecule has 16 heavy (non-hydrogen) atoms. The first-order chi connectivity index (χ1) is 7.69. The first-order valence-electron chi connectivity index (χ1n) is 5.34. The summed E-state index contributed by atoms with van der Waals surface area (Å²) >= 11 is 5.89. The van der Waals surface area contributed by atoms with Gasteiger partial charge in [-0.3, -0.25) is 0 Å². The molecule has 0 spiro atoms. The molecule has 0 saturated carbocycles. The highest BCUT2D eigenvalue weighted by Gasteiger charge is 2.20. The molecule has 0 aliphatic heterocycles. The number of nitrogens with one attached hydrogen (secondary N) is 1. The zero-order valence-corrected chi connectivity index (χ0v) is 10.3. The van der Waals surface area contributed by atoms with E-state index in [1.54, 1.807) is 19.1 Å². The van der Waals surface area contributed by atoms with Crippen LogP contribution in [0.3, 0.4) is 0 Å². The fourth-order valence-corrected chi connectivity index (χ4v) is 1.65. The first kappa shape index (κ1) is 13.0. The van der Waals surface area contributed by atoms with E-state index in [0.29, 0.717) is 18.2 Å². The lowest BCUT2D eigenvalue weighted by Gasteiger charge is -2.16. The number of likely N-dealkylation sites (N-methyl/N-ethyl adjacent to an activating group) is 1. The lowest BCUT2D eigenvalue weighted by molar-refractivity contribution is -0.145. The summed E-state index contributed by atoms with van der Waals surface area (Å²) in [5.74, 6) is -0.272. The van der Waals surface area contributed by atoms with Crippen LogP contribution in [0.1, 0.15) is 25.5 Å². The third-order valence-electron chi connectivity index (χ3n) is 2.11. The molecule has 1 rings (SSSR count). The van der Waals surface area contributed by atoms with Crippen LogP contribution in [0.4, 0.5) is 0 Å². The molecule has 0 fully saturated rings. The van der Waals surface area contributed by atoms with E-state index in [1.165, 1.54) is 0 Å². The molecule has 0 aromatic heterocycles. The van der Waals surface area contributed by atoms with Crippen molar-refractivity contribution in [2.75, 3.05) is 13.2 Å². The van der Waals surface area contributed by atoms with Gasteiger partial charge in [-0.2, -0.15) is 0 Å². The van der Waals surface area contributed by atoms with Gasteiger partial charge in [0, 0.05) is 5.02 Å². The number of carbonyl (C=O) groups is 1. The van der Waals surface area contributed by atoms with Crippen molar-refractivity contribution in [3.05, 3.63) is 34.9 Å². The van der Waals surface area contributed by atoms with Crippen molar-refractivity contribution < 1.29 is 9.53 Å². The number of hydrogen-bond donors (Lipinski definition) is 1. The molecule has 0 aliphatic carbocycles. The van der Waals surface area contributed by atoms with Crippen LogP contribution in [0.2, 0.25) is 5.02 Å². The van der Waals surface area contributed by atoms with Crippen molar-refractivity contribution in [1.29, 1.82) is 0 Å². The van der Waals surface area contributed by atoms with E-state index < -0.39 is 6.04 Å². The van der Waals surface area contributed by atoms with Crippen LogP contribution in [0.5, 0.6) is 0 Å². The fourth-order valence-electron chi connectivity index (χ4n) is 1.45. The molecule has 0 radical (unpaired) electrons. The Morgan fingerprint density at radius 3 is 2.81 bits per heavy atom. The summed E-state index contributed by atoms with van der Waals surface area (Å²) in [7, 11) is 0. The summed E-state index contributed by atoms with van der Waals surface area (Å²) < 4.78 is 5.01. The molecule has 4 heteroatoms. The van der Waals surface area contributed by atoms with Crippen molar-refractivity contribution in [3.63, 3.8) is 0 Å². The second-order valence-corrected chi connectivity index (χ2v) is 3.73. The summed E-state index contributed by atoms with van der Waals surface area (Å²) in [5, 5.41) is 3.69. The molecule has 88 valence electrons. The summed E-state index contributed by atoms with van der Waals surface area (Å²) in [6.45, 7) is 4.80. The molecule has 1 aromatic rings. The summed E-state index contributed by atoms with van der Waals surface area (Å²) in [4.78, 5) is 11.7. The molecular formula is C12H16ClNO2. The standard InChI is InChI=1S/C12H16ClNO2/c1-3-14-11(12(15)16-4-2)9-6-5-7-10(13)8-9/h5-8,11,14H,3-4H2,1-2H3. The molecule has 1 unspecified atom stereocenters. The molecule has 0 heterocycles. The maximum atomic E-state index is 11.7. The highest BCUT2D eigenvalue weighted by atomic mass is 35.5. The number of rotatable bonds is 5. The Kier molecular flexibility index (Phi) is 5.29. The van der Waals surface area contributed by atoms with Gasteiger partial charge in [0.15, 0.2) is 0 Å². The minimum Gasteiger partial charge on any atom is -0.465 e. The molecule has 0 aliphatic rings. The first-order valence-corrected chi connectivity index (χ1v) is 5.72. The molecule has 0 bridgehead atoms. The Hall–Kier alpha value is -1.06. The van der Waals surface area contributed by atoms with Crippen molar-refractivity contribution in [2.45, 2.75) is 19.9 Å². The Morgan fingerprint density at radius 1 is 1.50 bits per heavy atom.